The van der Waals surface area contributed by atoms with E-state index in [9.17, 15) is 0 Å². The van der Waals surface area contributed by atoms with Gasteiger partial charge >= 0.3 is 0 Å². The molecule has 2 aromatic carbocycles. The molecular formula is C18H17ClN4O2S. The Morgan fingerprint density at radius 2 is 2.08 bits per heavy atom. The Morgan fingerprint density at radius 3 is 2.81 bits per heavy atom. The molecule has 0 saturated heterocycles. The lowest BCUT2D eigenvalue weighted by Gasteiger charge is -2.13. The molecule has 1 aromatic heterocycles. The van der Waals surface area contributed by atoms with Crippen molar-refractivity contribution in [2.45, 2.75) is 13.5 Å². The summed E-state index contributed by atoms with van der Waals surface area (Å²) in [6, 6.07) is 13.2. The van der Waals surface area contributed by atoms with Gasteiger partial charge in [0.1, 0.15) is 12.9 Å². The molecule has 3 aromatic rings. The molecule has 1 heterocycles. The van der Waals surface area contributed by atoms with E-state index in [1.807, 2.05) is 49.4 Å². The number of rotatable bonds is 7. The summed E-state index contributed by atoms with van der Waals surface area (Å²) < 4.78 is 13.5. The first-order valence-corrected chi connectivity index (χ1v) is 8.75. The maximum atomic E-state index is 6.17. The van der Waals surface area contributed by atoms with Crippen LogP contribution in [0, 0.1) is 4.77 Å². The molecule has 0 aliphatic heterocycles. The Balaban J connectivity index is 1.78. The van der Waals surface area contributed by atoms with E-state index in [0.29, 0.717) is 34.5 Å². The van der Waals surface area contributed by atoms with Gasteiger partial charge in [-0.3, -0.25) is 5.10 Å². The lowest BCUT2D eigenvalue weighted by atomic mass is 10.2. The number of nitrogens with zero attached hydrogens (tertiary/aromatic N) is 3. The highest BCUT2D eigenvalue weighted by Crippen LogP contribution is 2.29. The number of benzene rings is 2. The third-order valence-electron chi connectivity index (χ3n) is 3.48. The second kappa shape index (κ2) is 8.64. The molecule has 0 fully saturated rings. The Bertz CT molecular complexity index is 968. The van der Waals surface area contributed by atoms with E-state index in [1.54, 1.807) is 6.21 Å². The van der Waals surface area contributed by atoms with Gasteiger partial charge in [-0.1, -0.05) is 29.8 Å². The third-order valence-corrected chi connectivity index (χ3v) is 4.12. The minimum Gasteiger partial charge on any atom is -0.490 e. The van der Waals surface area contributed by atoms with E-state index in [1.165, 1.54) is 11.0 Å². The molecule has 0 aliphatic rings. The average Bonchev–Trinajstić information content (AvgIpc) is 3.05. The maximum Gasteiger partial charge on any atom is 0.216 e. The molecule has 0 spiro atoms. The first-order valence-electron chi connectivity index (χ1n) is 7.97. The molecule has 8 heteroatoms. The van der Waals surface area contributed by atoms with E-state index < -0.39 is 0 Å². The van der Waals surface area contributed by atoms with Crippen LogP contribution < -0.4 is 9.47 Å². The number of ether oxygens (including phenoxy) is 2. The van der Waals surface area contributed by atoms with Crippen LogP contribution in [0.2, 0.25) is 5.02 Å². The van der Waals surface area contributed by atoms with E-state index in [-0.39, 0.29) is 0 Å². The summed E-state index contributed by atoms with van der Waals surface area (Å²) in [5, 5.41) is 11.4. The molecule has 6 nitrogen and oxygen atoms in total. The predicted octanol–water partition coefficient (Wildman–Crippen LogP) is 4.45. The largest absolute Gasteiger partial charge is 0.490 e. The summed E-state index contributed by atoms with van der Waals surface area (Å²) in [6.07, 6.45) is 3.18. The average molecular weight is 389 g/mol. The number of aromatic nitrogens is 3. The smallest absolute Gasteiger partial charge is 0.216 e. The fraction of sp³-hybridized carbons (Fsp3) is 0.167. The van der Waals surface area contributed by atoms with Crippen molar-refractivity contribution in [3.05, 3.63) is 69.7 Å². The van der Waals surface area contributed by atoms with Gasteiger partial charge in [-0.05, 0) is 49.0 Å². The van der Waals surface area contributed by atoms with E-state index in [0.717, 1.165) is 11.1 Å². The number of hydrogen-bond acceptors (Lipinski definition) is 5. The van der Waals surface area contributed by atoms with Gasteiger partial charge in [-0.25, -0.2) is 0 Å². The number of H-pyrrole nitrogens is 1. The first kappa shape index (κ1) is 18.2. The van der Waals surface area contributed by atoms with Crippen molar-refractivity contribution in [2.24, 2.45) is 5.10 Å². The van der Waals surface area contributed by atoms with Crippen LogP contribution >= 0.6 is 23.8 Å². The molecule has 0 atom stereocenters. The molecular weight excluding hydrogens is 372 g/mol. The molecule has 0 saturated carbocycles. The van der Waals surface area contributed by atoms with Crippen LogP contribution in [0.4, 0.5) is 0 Å². The van der Waals surface area contributed by atoms with Gasteiger partial charge in [0.05, 0.1) is 12.8 Å². The normalized spacial score (nSPS) is 11.0. The van der Waals surface area contributed by atoms with Gasteiger partial charge in [0, 0.05) is 10.6 Å². The Kier molecular flexibility index (Phi) is 6.04. The van der Waals surface area contributed by atoms with Gasteiger partial charge in [0.2, 0.25) is 4.77 Å². The Hall–Kier alpha value is -2.64. The van der Waals surface area contributed by atoms with Crippen molar-refractivity contribution in [2.75, 3.05) is 6.61 Å². The van der Waals surface area contributed by atoms with Crippen LogP contribution in [-0.2, 0) is 6.61 Å². The molecule has 1 N–H and O–H groups in total. The minimum absolute atomic E-state index is 0.358. The third kappa shape index (κ3) is 4.50. The molecule has 0 radical (unpaired) electrons. The second-order valence-electron chi connectivity index (χ2n) is 5.27. The van der Waals surface area contributed by atoms with Crippen LogP contribution in [-0.4, -0.2) is 27.7 Å². The quantitative estimate of drug-likeness (QED) is 0.479. The van der Waals surface area contributed by atoms with Gasteiger partial charge in [-0.15, -0.1) is 0 Å². The van der Waals surface area contributed by atoms with E-state index in [2.05, 4.69) is 15.3 Å². The lowest BCUT2D eigenvalue weighted by molar-refractivity contribution is 0.269. The van der Waals surface area contributed by atoms with Crippen LogP contribution in [0.25, 0.3) is 0 Å². The zero-order valence-electron chi connectivity index (χ0n) is 14.1. The number of aromatic amines is 1. The monoisotopic (exact) mass is 388 g/mol. The molecule has 3 rings (SSSR count). The van der Waals surface area contributed by atoms with Crippen molar-refractivity contribution >= 4 is 30.0 Å². The highest BCUT2D eigenvalue weighted by atomic mass is 35.5. The van der Waals surface area contributed by atoms with Crippen molar-refractivity contribution in [3.63, 3.8) is 0 Å². The van der Waals surface area contributed by atoms with Crippen LogP contribution in [0.15, 0.2) is 53.9 Å². The van der Waals surface area contributed by atoms with E-state index >= 15 is 0 Å². The number of halogens is 1. The van der Waals surface area contributed by atoms with Gasteiger partial charge in [0.15, 0.2) is 11.5 Å². The molecule has 0 aliphatic carbocycles. The molecule has 0 bridgehead atoms. The summed E-state index contributed by atoms with van der Waals surface area (Å²) in [6.45, 7) is 2.80. The second-order valence-corrected chi connectivity index (χ2v) is 6.06. The number of nitrogens with one attached hydrogen (secondary N) is 1. The van der Waals surface area contributed by atoms with Crippen molar-refractivity contribution < 1.29 is 9.47 Å². The van der Waals surface area contributed by atoms with Crippen molar-refractivity contribution in [3.8, 4) is 11.5 Å². The zero-order valence-corrected chi connectivity index (χ0v) is 15.6. The highest BCUT2D eigenvalue weighted by molar-refractivity contribution is 7.71. The Morgan fingerprint density at radius 1 is 1.23 bits per heavy atom. The fourth-order valence-electron chi connectivity index (χ4n) is 2.22. The fourth-order valence-corrected chi connectivity index (χ4v) is 2.55. The topological polar surface area (TPSA) is 64.4 Å². The molecule has 26 heavy (non-hydrogen) atoms. The van der Waals surface area contributed by atoms with Crippen molar-refractivity contribution in [1.29, 1.82) is 0 Å². The minimum atomic E-state index is 0.358. The summed E-state index contributed by atoms with van der Waals surface area (Å²) in [7, 11) is 0. The summed E-state index contributed by atoms with van der Waals surface area (Å²) in [5.41, 5.74) is 1.76. The zero-order chi connectivity index (χ0) is 18.4. The first-order chi connectivity index (χ1) is 12.7. The summed E-state index contributed by atoms with van der Waals surface area (Å²) >= 11 is 11.2. The lowest BCUT2D eigenvalue weighted by Crippen LogP contribution is -2.01. The van der Waals surface area contributed by atoms with Crippen LogP contribution in [0.3, 0.4) is 0 Å². The molecule has 134 valence electrons. The SMILES string of the molecule is CCOc1cc(/C=N/n2cn[nH]c2=S)ccc1OCc1ccccc1Cl. The van der Waals surface area contributed by atoms with E-state index in [4.69, 9.17) is 33.3 Å². The molecule has 0 unspecified atom stereocenters. The summed E-state index contributed by atoms with van der Waals surface area (Å²) in [5.74, 6) is 1.28. The van der Waals surface area contributed by atoms with Crippen molar-refractivity contribution in [1.82, 2.24) is 14.9 Å². The predicted molar refractivity (Wildman–Crippen MR) is 104 cm³/mol. The maximum absolute atomic E-state index is 6.17. The highest BCUT2D eigenvalue weighted by Gasteiger charge is 2.08. The van der Waals surface area contributed by atoms with Crippen LogP contribution in [0.5, 0.6) is 11.5 Å². The standard InChI is InChI=1S/C18H17ClN4O2S/c1-2-24-17-9-13(10-21-23-12-20-22-18(23)26)7-8-16(17)25-11-14-5-3-4-6-15(14)19/h3-10,12H,2,11H2,1H3,(H,22,26)/b21-10+. The molecule has 0 amide bonds. The summed E-state index contributed by atoms with van der Waals surface area (Å²) in [4.78, 5) is 0. The van der Waals surface area contributed by atoms with Gasteiger partial charge in [0.25, 0.3) is 0 Å². The van der Waals surface area contributed by atoms with Gasteiger partial charge in [-0.2, -0.15) is 14.9 Å². The Labute approximate surface area is 161 Å². The van der Waals surface area contributed by atoms with Crippen LogP contribution in [0.1, 0.15) is 18.1 Å². The van der Waals surface area contributed by atoms with Gasteiger partial charge < -0.3 is 9.47 Å². The number of hydrogen-bond donors (Lipinski definition) is 1.